The third-order valence-corrected chi connectivity index (χ3v) is 6.12. The van der Waals surface area contributed by atoms with E-state index in [2.05, 4.69) is 10.2 Å². The van der Waals surface area contributed by atoms with E-state index in [1.54, 1.807) is 0 Å². The number of carbonyl (C=O) groups is 3. The lowest BCUT2D eigenvalue weighted by molar-refractivity contribution is -0.140. The molecule has 2 aliphatic heterocycles. The van der Waals surface area contributed by atoms with Crippen molar-refractivity contribution in [3.63, 3.8) is 0 Å². The smallest absolute Gasteiger partial charge is 0.233 e. The van der Waals surface area contributed by atoms with Crippen LogP contribution in [-0.2, 0) is 14.4 Å². The van der Waals surface area contributed by atoms with Crippen molar-refractivity contribution < 1.29 is 14.4 Å². The molecule has 1 saturated carbocycles. The molecule has 4 rings (SSSR count). The lowest BCUT2D eigenvalue weighted by Gasteiger charge is -2.19. The van der Waals surface area contributed by atoms with Crippen molar-refractivity contribution in [1.82, 2.24) is 4.90 Å². The van der Waals surface area contributed by atoms with Crippen molar-refractivity contribution >= 4 is 29.1 Å². The third-order valence-electron chi connectivity index (χ3n) is 6.12. The Morgan fingerprint density at radius 3 is 2.11 bits per heavy atom. The summed E-state index contributed by atoms with van der Waals surface area (Å²) < 4.78 is 0. The van der Waals surface area contributed by atoms with Gasteiger partial charge in [0.2, 0.25) is 17.7 Å². The van der Waals surface area contributed by atoms with Gasteiger partial charge in [0.25, 0.3) is 0 Å². The molecule has 3 amide bonds. The molecule has 144 valence electrons. The van der Waals surface area contributed by atoms with E-state index < -0.39 is 0 Å². The van der Waals surface area contributed by atoms with Gasteiger partial charge in [0, 0.05) is 37.4 Å². The van der Waals surface area contributed by atoms with Gasteiger partial charge in [-0.3, -0.25) is 19.3 Å². The molecule has 0 aromatic heterocycles. The first-order chi connectivity index (χ1) is 13.1. The quantitative estimate of drug-likeness (QED) is 0.811. The number of nitrogens with zero attached hydrogens (tertiary/aromatic N) is 2. The third kappa shape index (κ3) is 3.70. The zero-order chi connectivity index (χ0) is 18.8. The van der Waals surface area contributed by atoms with Crippen LogP contribution in [0.2, 0.25) is 0 Å². The number of imide groups is 1. The Balaban J connectivity index is 1.29. The fraction of sp³-hybridized carbons (Fsp3) is 0.571. The number of likely N-dealkylation sites (tertiary alicyclic amines) is 1. The normalized spacial score (nSPS) is 25.0. The summed E-state index contributed by atoms with van der Waals surface area (Å²) in [5.41, 5.74) is 1.93. The first-order valence-electron chi connectivity index (χ1n) is 10.1. The molecule has 0 radical (unpaired) electrons. The lowest BCUT2D eigenvalue weighted by atomic mass is 9.81. The fourth-order valence-electron chi connectivity index (χ4n) is 4.62. The minimum absolute atomic E-state index is 0.0764. The van der Waals surface area contributed by atoms with Gasteiger partial charge in [-0.1, -0.05) is 12.8 Å². The Hall–Kier alpha value is -2.37. The highest BCUT2D eigenvalue weighted by molar-refractivity contribution is 6.05. The molecule has 1 aromatic carbocycles. The number of nitrogens with one attached hydrogen (secondary N) is 1. The van der Waals surface area contributed by atoms with Gasteiger partial charge in [-0.2, -0.15) is 0 Å². The summed E-state index contributed by atoms with van der Waals surface area (Å²) in [6, 6.07) is 7.87. The predicted molar refractivity (Wildman–Crippen MR) is 103 cm³/mol. The van der Waals surface area contributed by atoms with Gasteiger partial charge < -0.3 is 10.2 Å². The topological polar surface area (TPSA) is 69.7 Å². The van der Waals surface area contributed by atoms with E-state index in [0.717, 1.165) is 44.5 Å². The van der Waals surface area contributed by atoms with Crippen molar-refractivity contribution in [2.75, 3.05) is 29.9 Å². The number of fused-ring (bicyclic) bond motifs is 1. The highest BCUT2D eigenvalue weighted by atomic mass is 16.2. The van der Waals surface area contributed by atoms with Crippen molar-refractivity contribution in [3.05, 3.63) is 24.3 Å². The monoisotopic (exact) mass is 369 g/mol. The van der Waals surface area contributed by atoms with Gasteiger partial charge in [-0.25, -0.2) is 0 Å². The maximum absolute atomic E-state index is 12.5. The lowest BCUT2D eigenvalue weighted by Crippen LogP contribution is -2.34. The molecule has 0 bridgehead atoms. The standard InChI is InChI=1S/C21H27N3O3/c25-19(22-15-7-9-16(10-8-15)23-12-3-4-13-23)11-14-24-20(26)17-5-1-2-6-18(17)21(24)27/h7-10,17-18H,1-6,11-14H2,(H,22,25)/t17-,18-/m1/s1. The number of anilines is 2. The second-order valence-electron chi connectivity index (χ2n) is 7.86. The van der Waals surface area contributed by atoms with E-state index in [1.807, 2.05) is 24.3 Å². The van der Waals surface area contributed by atoms with Crippen LogP contribution < -0.4 is 10.2 Å². The largest absolute Gasteiger partial charge is 0.372 e. The molecule has 3 aliphatic rings. The number of rotatable bonds is 5. The Labute approximate surface area is 159 Å². The molecule has 1 N–H and O–H groups in total. The van der Waals surface area contributed by atoms with Crippen LogP contribution in [0.5, 0.6) is 0 Å². The predicted octanol–water partition coefficient (Wildman–Crippen LogP) is 2.79. The summed E-state index contributed by atoms with van der Waals surface area (Å²) in [4.78, 5) is 40.8. The van der Waals surface area contributed by atoms with Crippen LogP contribution in [0.3, 0.4) is 0 Å². The van der Waals surface area contributed by atoms with Crippen LogP contribution in [-0.4, -0.2) is 42.3 Å². The summed E-state index contributed by atoms with van der Waals surface area (Å²) in [7, 11) is 0. The molecule has 0 spiro atoms. The van der Waals surface area contributed by atoms with Crippen LogP contribution in [0, 0.1) is 11.8 Å². The molecule has 1 aliphatic carbocycles. The molecular weight excluding hydrogens is 342 g/mol. The summed E-state index contributed by atoms with van der Waals surface area (Å²) in [6.45, 7) is 2.36. The minimum atomic E-state index is -0.167. The Bertz CT molecular complexity index is 701. The molecule has 0 unspecified atom stereocenters. The van der Waals surface area contributed by atoms with Gasteiger partial charge >= 0.3 is 0 Å². The molecule has 6 nitrogen and oxygen atoms in total. The summed E-state index contributed by atoms with van der Waals surface area (Å²) in [5.74, 6) is -0.612. The first-order valence-corrected chi connectivity index (χ1v) is 10.1. The summed E-state index contributed by atoms with van der Waals surface area (Å²) in [5, 5.41) is 2.87. The Morgan fingerprint density at radius 1 is 0.926 bits per heavy atom. The molecule has 6 heteroatoms. The minimum Gasteiger partial charge on any atom is -0.372 e. The van der Waals surface area contributed by atoms with Gasteiger partial charge in [-0.15, -0.1) is 0 Å². The summed E-state index contributed by atoms with van der Waals surface area (Å²) >= 11 is 0. The van der Waals surface area contributed by atoms with Crippen molar-refractivity contribution in [2.45, 2.75) is 44.9 Å². The van der Waals surface area contributed by atoms with E-state index in [0.29, 0.717) is 0 Å². The first kappa shape index (κ1) is 18.0. The van der Waals surface area contributed by atoms with Gasteiger partial charge in [0.1, 0.15) is 0 Å². The van der Waals surface area contributed by atoms with Gasteiger partial charge in [-0.05, 0) is 49.9 Å². The van der Waals surface area contributed by atoms with E-state index in [-0.39, 0.29) is 42.5 Å². The van der Waals surface area contributed by atoms with E-state index >= 15 is 0 Å². The summed E-state index contributed by atoms with van der Waals surface area (Å²) in [6.07, 6.45) is 6.25. The SMILES string of the molecule is O=C(CCN1C(=O)[C@@H]2CCCC[C@H]2C1=O)Nc1ccc(N2CCCC2)cc1. The second-order valence-corrected chi connectivity index (χ2v) is 7.86. The zero-order valence-electron chi connectivity index (χ0n) is 15.7. The van der Waals surface area contributed by atoms with E-state index in [4.69, 9.17) is 0 Å². The maximum atomic E-state index is 12.5. The average molecular weight is 369 g/mol. The molecule has 27 heavy (non-hydrogen) atoms. The van der Waals surface area contributed by atoms with Crippen molar-refractivity contribution in [1.29, 1.82) is 0 Å². The van der Waals surface area contributed by atoms with Gasteiger partial charge in [0.05, 0.1) is 11.8 Å². The molecule has 1 aromatic rings. The number of benzene rings is 1. The number of amides is 3. The molecular formula is C21H27N3O3. The molecule has 2 heterocycles. The maximum Gasteiger partial charge on any atom is 0.233 e. The second kappa shape index (κ2) is 7.71. The number of hydrogen-bond acceptors (Lipinski definition) is 4. The molecule has 3 fully saturated rings. The Kier molecular flexibility index (Phi) is 5.14. The zero-order valence-corrected chi connectivity index (χ0v) is 15.7. The van der Waals surface area contributed by atoms with E-state index in [1.165, 1.54) is 23.4 Å². The van der Waals surface area contributed by atoms with Crippen molar-refractivity contribution in [2.24, 2.45) is 11.8 Å². The van der Waals surface area contributed by atoms with Crippen LogP contribution in [0.25, 0.3) is 0 Å². The van der Waals surface area contributed by atoms with Crippen molar-refractivity contribution in [3.8, 4) is 0 Å². The fourth-order valence-corrected chi connectivity index (χ4v) is 4.62. The van der Waals surface area contributed by atoms with Crippen LogP contribution in [0.1, 0.15) is 44.9 Å². The van der Waals surface area contributed by atoms with Gasteiger partial charge in [0.15, 0.2) is 0 Å². The molecule has 2 saturated heterocycles. The highest BCUT2D eigenvalue weighted by Crippen LogP contribution is 2.38. The average Bonchev–Trinajstić information content (AvgIpc) is 3.30. The van der Waals surface area contributed by atoms with Crippen LogP contribution >= 0.6 is 0 Å². The number of hydrogen-bond donors (Lipinski definition) is 1. The van der Waals surface area contributed by atoms with E-state index in [9.17, 15) is 14.4 Å². The highest BCUT2D eigenvalue weighted by Gasteiger charge is 2.47. The Morgan fingerprint density at radius 2 is 1.52 bits per heavy atom. The van der Waals surface area contributed by atoms with Crippen LogP contribution in [0.15, 0.2) is 24.3 Å². The molecule has 2 atom stereocenters. The number of carbonyl (C=O) groups excluding carboxylic acids is 3. The van der Waals surface area contributed by atoms with Crippen LogP contribution in [0.4, 0.5) is 11.4 Å².